The number of nitrogens with zero attached hydrogens (tertiary/aromatic N) is 1. The summed E-state index contributed by atoms with van der Waals surface area (Å²) in [6, 6.07) is 0.737. The molecule has 0 amide bonds. The van der Waals surface area contributed by atoms with Crippen molar-refractivity contribution in [1.29, 1.82) is 0 Å². The van der Waals surface area contributed by atoms with Crippen molar-refractivity contribution in [2.45, 2.75) is 78.0 Å². The average Bonchev–Trinajstić information content (AvgIpc) is 2.44. The number of ether oxygens (including phenoxy) is 1. The molecule has 1 heterocycles. The van der Waals surface area contributed by atoms with E-state index in [0.29, 0.717) is 12.2 Å². The van der Waals surface area contributed by atoms with E-state index in [9.17, 15) is 0 Å². The Kier molecular flexibility index (Phi) is 6.97. The maximum atomic E-state index is 5.88. The average molecular weight is 296 g/mol. The summed E-state index contributed by atoms with van der Waals surface area (Å²) >= 11 is 0. The second kappa shape index (κ2) is 8.50. The van der Waals surface area contributed by atoms with Crippen molar-refractivity contribution in [2.75, 3.05) is 26.2 Å². The number of hydrogen-bond acceptors (Lipinski definition) is 3. The number of nitrogens with one attached hydrogen (secondary N) is 1. The predicted octanol–water partition coefficient (Wildman–Crippen LogP) is 3.29. The highest BCUT2D eigenvalue weighted by Crippen LogP contribution is 2.32. The standard InChI is InChI=1S/C18H36N2O/c1-5-9-19-18-8-7-16(6-2)10-17(18)13-20-11-14(3)21-15(4)12-20/h14-19H,5-13H2,1-4H3. The van der Waals surface area contributed by atoms with Gasteiger partial charge in [-0.3, -0.25) is 4.90 Å². The molecule has 124 valence electrons. The lowest BCUT2D eigenvalue weighted by molar-refractivity contribution is -0.0744. The molecule has 0 spiro atoms. The molecule has 5 unspecified atom stereocenters. The van der Waals surface area contributed by atoms with E-state index in [2.05, 4.69) is 37.9 Å². The zero-order chi connectivity index (χ0) is 15.2. The van der Waals surface area contributed by atoms with Crippen LogP contribution in [0.15, 0.2) is 0 Å². The molecule has 2 aliphatic rings. The number of morpholine rings is 1. The Morgan fingerprint density at radius 2 is 1.81 bits per heavy atom. The molecule has 0 bridgehead atoms. The fourth-order valence-electron chi connectivity index (χ4n) is 4.30. The van der Waals surface area contributed by atoms with Gasteiger partial charge in [-0.15, -0.1) is 0 Å². The lowest BCUT2D eigenvalue weighted by atomic mass is 9.76. The van der Waals surface area contributed by atoms with Gasteiger partial charge in [-0.25, -0.2) is 0 Å². The van der Waals surface area contributed by atoms with Crippen molar-refractivity contribution < 1.29 is 4.74 Å². The summed E-state index contributed by atoms with van der Waals surface area (Å²) in [5, 5.41) is 3.82. The van der Waals surface area contributed by atoms with Gasteiger partial charge >= 0.3 is 0 Å². The minimum Gasteiger partial charge on any atom is -0.373 e. The van der Waals surface area contributed by atoms with Crippen molar-refractivity contribution >= 4 is 0 Å². The first-order chi connectivity index (χ1) is 10.1. The van der Waals surface area contributed by atoms with E-state index >= 15 is 0 Å². The zero-order valence-electron chi connectivity index (χ0n) is 14.6. The zero-order valence-corrected chi connectivity index (χ0v) is 14.6. The van der Waals surface area contributed by atoms with E-state index < -0.39 is 0 Å². The van der Waals surface area contributed by atoms with Crippen LogP contribution in [0, 0.1) is 11.8 Å². The number of hydrogen-bond donors (Lipinski definition) is 1. The van der Waals surface area contributed by atoms with E-state index in [1.807, 2.05) is 0 Å². The molecule has 0 aromatic heterocycles. The topological polar surface area (TPSA) is 24.5 Å². The SMILES string of the molecule is CCCNC1CCC(CC)CC1CN1CC(C)OC(C)C1. The summed E-state index contributed by atoms with van der Waals surface area (Å²) in [6.07, 6.45) is 7.59. The maximum Gasteiger partial charge on any atom is 0.0678 e. The summed E-state index contributed by atoms with van der Waals surface area (Å²) in [5.41, 5.74) is 0. The summed E-state index contributed by atoms with van der Waals surface area (Å²) in [5.74, 6) is 1.78. The highest BCUT2D eigenvalue weighted by Gasteiger charge is 2.32. The van der Waals surface area contributed by atoms with Crippen molar-refractivity contribution in [1.82, 2.24) is 10.2 Å². The van der Waals surface area contributed by atoms with Crippen LogP contribution < -0.4 is 5.32 Å². The third-order valence-electron chi connectivity index (χ3n) is 5.31. The summed E-state index contributed by atoms with van der Waals surface area (Å²) in [7, 11) is 0. The maximum absolute atomic E-state index is 5.88. The minimum atomic E-state index is 0.390. The molecule has 3 nitrogen and oxygen atoms in total. The quantitative estimate of drug-likeness (QED) is 0.814. The lowest BCUT2D eigenvalue weighted by Gasteiger charge is -2.42. The van der Waals surface area contributed by atoms with Gasteiger partial charge in [0.1, 0.15) is 0 Å². The molecule has 1 saturated carbocycles. The number of rotatable bonds is 6. The molecule has 2 fully saturated rings. The molecule has 21 heavy (non-hydrogen) atoms. The molecule has 1 aliphatic heterocycles. The van der Waals surface area contributed by atoms with Crippen LogP contribution in [-0.2, 0) is 4.74 Å². The molecule has 1 N–H and O–H groups in total. The molecule has 1 aliphatic carbocycles. The summed E-state index contributed by atoms with van der Waals surface area (Å²) in [6.45, 7) is 13.7. The second-order valence-electron chi connectivity index (χ2n) is 7.38. The van der Waals surface area contributed by atoms with Gasteiger partial charge in [0.05, 0.1) is 12.2 Å². The fourth-order valence-corrected chi connectivity index (χ4v) is 4.30. The Balaban J connectivity index is 1.91. The summed E-state index contributed by atoms with van der Waals surface area (Å²) < 4.78 is 5.88. The van der Waals surface area contributed by atoms with Gasteiger partial charge in [-0.05, 0) is 57.9 Å². The van der Waals surface area contributed by atoms with Crippen LogP contribution in [0.4, 0.5) is 0 Å². The Morgan fingerprint density at radius 3 is 2.43 bits per heavy atom. The van der Waals surface area contributed by atoms with Gasteiger partial charge in [0.15, 0.2) is 0 Å². The van der Waals surface area contributed by atoms with Crippen LogP contribution in [0.5, 0.6) is 0 Å². The van der Waals surface area contributed by atoms with Crippen molar-refractivity contribution in [2.24, 2.45) is 11.8 Å². The minimum absolute atomic E-state index is 0.390. The van der Waals surface area contributed by atoms with Gasteiger partial charge in [-0.2, -0.15) is 0 Å². The van der Waals surface area contributed by atoms with Gasteiger partial charge in [-0.1, -0.05) is 20.3 Å². The highest BCUT2D eigenvalue weighted by molar-refractivity contribution is 4.87. The molecule has 3 heteroatoms. The van der Waals surface area contributed by atoms with Gasteiger partial charge in [0.2, 0.25) is 0 Å². The van der Waals surface area contributed by atoms with E-state index in [1.54, 1.807) is 0 Å². The van der Waals surface area contributed by atoms with Crippen LogP contribution >= 0.6 is 0 Å². The lowest BCUT2D eigenvalue weighted by Crippen LogP contribution is -2.51. The van der Waals surface area contributed by atoms with Crippen LogP contribution in [0.1, 0.15) is 59.8 Å². The van der Waals surface area contributed by atoms with E-state index in [0.717, 1.165) is 31.0 Å². The first-order valence-electron chi connectivity index (χ1n) is 9.23. The Morgan fingerprint density at radius 1 is 1.10 bits per heavy atom. The highest BCUT2D eigenvalue weighted by atomic mass is 16.5. The van der Waals surface area contributed by atoms with Crippen molar-refractivity contribution in [3.63, 3.8) is 0 Å². The van der Waals surface area contributed by atoms with Crippen LogP contribution in [0.25, 0.3) is 0 Å². The predicted molar refractivity (Wildman–Crippen MR) is 89.7 cm³/mol. The molecule has 0 aromatic rings. The molecule has 0 radical (unpaired) electrons. The third kappa shape index (κ3) is 5.22. The summed E-state index contributed by atoms with van der Waals surface area (Å²) in [4.78, 5) is 2.65. The first-order valence-corrected chi connectivity index (χ1v) is 9.23. The van der Waals surface area contributed by atoms with Crippen molar-refractivity contribution in [3.05, 3.63) is 0 Å². The molecule has 5 atom stereocenters. The second-order valence-corrected chi connectivity index (χ2v) is 7.38. The molecular formula is C18H36N2O. The molecule has 1 saturated heterocycles. The van der Waals surface area contributed by atoms with Gasteiger partial charge in [0.25, 0.3) is 0 Å². The van der Waals surface area contributed by atoms with Crippen LogP contribution in [0.3, 0.4) is 0 Å². The Bertz CT molecular complexity index is 287. The van der Waals surface area contributed by atoms with E-state index in [4.69, 9.17) is 4.74 Å². The molecule has 2 rings (SSSR count). The Labute approximate surface area is 131 Å². The van der Waals surface area contributed by atoms with E-state index in [-0.39, 0.29) is 0 Å². The fraction of sp³-hybridized carbons (Fsp3) is 1.00. The monoisotopic (exact) mass is 296 g/mol. The van der Waals surface area contributed by atoms with Gasteiger partial charge in [0, 0.05) is 25.7 Å². The molecular weight excluding hydrogens is 260 g/mol. The first kappa shape index (κ1) is 17.2. The van der Waals surface area contributed by atoms with Gasteiger partial charge < -0.3 is 10.1 Å². The van der Waals surface area contributed by atoms with Crippen molar-refractivity contribution in [3.8, 4) is 0 Å². The van der Waals surface area contributed by atoms with Crippen LogP contribution in [-0.4, -0.2) is 49.3 Å². The van der Waals surface area contributed by atoms with Crippen LogP contribution in [0.2, 0.25) is 0 Å². The largest absolute Gasteiger partial charge is 0.373 e. The smallest absolute Gasteiger partial charge is 0.0678 e. The molecule has 0 aromatic carbocycles. The normalized spacial score (nSPS) is 38.6. The van der Waals surface area contributed by atoms with E-state index in [1.165, 1.54) is 45.2 Å². The Hall–Kier alpha value is -0.120. The third-order valence-corrected chi connectivity index (χ3v) is 5.31.